The van der Waals surface area contributed by atoms with Crippen molar-refractivity contribution in [3.05, 3.63) is 24.3 Å². The van der Waals surface area contributed by atoms with Crippen LogP contribution in [0.5, 0.6) is 0 Å². The van der Waals surface area contributed by atoms with E-state index >= 15 is 0 Å². The number of aromatic nitrogens is 2. The molecule has 1 saturated heterocycles. The van der Waals surface area contributed by atoms with Gasteiger partial charge in [0.1, 0.15) is 0 Å². The van der Waals surface area contributed by atoms with Gasteiger partial charge in [0.25, 0.3) is 0 Å². The van der Waals surface area contributed by atoms with E-state index < -0.39 is 0 Å². The summed E-state index contributed by atoms with van der Waals surface area (Å²) in [5.74, 6) is 2.65. The first kappa shape index (κ1) is 17.0. The third kappa shape index (κ3) is 3.18. The van der Waals surface area contributed by atoms with E-state index in [0.717, 1.165) is 25.9 Å². The van der Waals surface area contributed by atoms with Crippen molar-refractivity contribution >= 4 is 18.3 Å². The molecule has 3 atom stereocenters. The third-order valence-electron chi connectivity index (χ3n) is 5.03. The fraction of sp³-hybridized carbons (Fsp3) is 0.562. The SMILES string of the molecule is Cl.NC1CCC2CN(C(=O)CCc3nc(-c4ccco4)no3)CC12. The number of amides is 1. The summed E-state index contributed by atoms with van der Waals surface area (Å²) in [4.78, 5) is 18.6. The fourth-order valence-electron chi connectivity index (χ4n) is 3.75. The van der Waals surface area contributed by atoms with Crippen LogP contribution in [0.15, 0.2) is 27.3 Å². The lowest BCUT2D eigenvalue weighted by atomic mass is 9.98. The number of carbonyl (C=O) groups excluding carboxylic acids is 1. The zero-order chi connectivity index (χ0) is 15.8. The summed E-state index contributed by atoms with van der Waals surface area (Å²) in [6, 6.07) is 3.79. The second-order valence-electron chi connectivity index (χ2n) is 6.45. The van der Waals surface area contributed by atoms with Crippen LogP contribution in [0, 0.1) is 11.8 Å². The van der Waals surface area contributed by atoms with Crippen LogP contribution in [-0.2, 0) is 11.2 Å². The Morgan fingerprint density at radius 3 is 3.00 bits per heavy atom. The quantitative estimate of drug-likeness (QED) is 0.902. The summed E-state index contributed by atoms with van der Waals surface area (Å²) in [5, 5.41) is 3.87. The average molecular weight is 353 g/mol. The molecule has 1 aliphatic heterocycles. The molecule has 2 aromatic heterocycles. The topological polar surface area (TPSA) is 98.4 Å². The molecule has 24 heavy (non-hydrogen) atoms. The number of likely N-dealkylation sites (tertiary alicyclic amines) is 1. The molecular formula is C16H21ClN4O3. The van der Waals surface area contributed by atoms with Crippen molar-refractivity contribution in [2.75, 3.05) is 13.1 Å². The molecule has 0 spiro atoms. The van der Waals surface area contributed by atoms with Gasteiger partial charge in [-0.1, -0.05) is 5.16 Å². The van der Waals surface area contributed by atoms with Gasteiger partial charge < -0.3 is 19.6 Å². The van der Waals surface area contributed by atoms with Crippen molar-refractivity contribution < 1.29 is 13.7 Å². The Morgan fingerprint density at radius 2 is 2.25 bits per heavy atom. The van der Waals surface area contributed by atoms with Crippen LogP contribution >= 0.6 is 12.4 Å². The van der Waals surface area contributed by atoms with Crippen LogP contribution in [0.1, 0.15) is 25.2 Å². The number of nitrogens with two attached hydrogens (primary N) is 1. The summed E-state index contributed by atoms with van der Waals surface area (Å²) >= 11 is 0. The van der Waals surface area contributed by atoms with Crippen molar-refractivity contribution in [2.45, 2.75) is 31.7 Å². The highest BCUT2D eigenvalue weighted by atomic mass is 35.5. The molecule has 4 rings (SSSR count). The highest BCUT2D eigenvalue weighted by Gasteiger charge is 2.42. The van der Waals surface area contributed by atoms with Gasteiger partial charge in [0.05, 0.1) is 6.26 Å². The minimum absolute atomic E-state index is 0. The van der Waals surface area contributed by atoms with E-state index in [1.165, 1.54) is 0 Å². The van der Waals surface area contributed by atoms with Crippen molar-refractivity contribution in [1.29, 1.82) is 0 Å². The van der Waals surface area contributed by atoms with Gasteiger partial charge in [-0.05, 0) is 36.8 Å². The molecule has 1 amide bonds. The number of halogens is 1. The van der Waals surface area contributed by atoms with E-state index in [1.807, 2.05) is 4.90 Å². The van der Waals surface area contributed by atoms with Crippen LogP contribution in [-0.4, -0.2) is 40.1 Å². The molecule has 0 radical (unpaired) electrons. The maximum Gasteiger partial charge on any atom is 0.238 e. The van der Waals surface area contributed by atoms with E-state index in [0.29, 0.717) is 42.2 Å². The lowest BCUT2D eigenvalue weighted by molar-refractivity contribution is -0.130. The predicted molar refractivity (Wildman–Crippen MR) is 88.3 cm³/mol. The van der Waals surface area contributed by atoms with Crippen molar-refractivity contribution in [3.63, 3.8) is 0 Å². The first-order valence-corrected chi connectivity index (χ1v) is 8.10. The van der Waals surface area contributed by atoms with Crippen LogP contribution in [0.2, 0.25) is 0 Å². The van der Waals surface area contributed by atoms with Crippen molar-refractivity contribution in [1.82, 2.24) is 15.0 Å². The zero-order valence-corrected chi connectivity index (χ0v) is 14.1. The van der Waals surface area contributed by atoms with E-state index in [4.69, 9.17) is 14.7 Å². The molecule has 2 aliphatic rings. The Hall–Kier alpha value is -1.86. The average Bonchev–Trinajstić information content (AvgIpc) is 3.31. The minimum atomic E-state index is 0. The zero-order valence-electron chi connectivity index (χ0n) is 13.3. The molecule has 1 saturated carbocycles. The number of nitrogens with zero attached hydrogens (tertiary/aromatic N) is 3. The highest BCUT2D eigenvalue weighted by Crippen LogP contribution is 2.37. The minimum Gasteiger partial charge on any atom is -0.461 e. The van der Waals surface area contributed by atoms with E-state index in [1.54, 1.807) is 18.4 Å². The van der Waals surface area contributed by atoms with Crippen LogP contribution in [0.4, 0.5) is 0 Å². The van der Waals surface area contributed by atoms with Gasteiger partial charge in [-0.15, -0.1) is 12.4 Å². The van der Waals surface area contributed by atoms with Crippen molar-refractivity contribution in [2.24, 2.45) is 17.6 Å². The highest BCUT2D eigenvalue weighted by molar-refractivity contribution is 5.85. The van der Waals surface area contributed by atoms with Crippen molar-refractivity contribution in [3.8, 4) is 11.6 Å². The van der Waals surface area contributed by atoms with Crippen LogP contribution in [0.25, 0.3) is 11.6 Å². The second-order valence-corrected chi connectivity index (χ2v) is 6.45. The molecule has 2 aromatic rings. The number of furan rings is 1. The number of hydrogen-bond acceptors (Lipinski definition) is 6. The Balaban J connectivity index is 0.00000169. The first-order valence-electron chi connectivity index (χ1n) is 8.10. The molecule has 8 heteroatoms. The normalized spacial score (nSPS) is 25.5. The summed E-state index contributed by atoms with van der Waals surface area (Å²) in [7, 11) is 0. The Bertz CT molecular complexity index is 687. The van der Waals surface area contributed by atoms with E-state index in [9.17, 15) is 4.79 Å². The summed E-state index contributed by atoms with van der Waals surface area (Å²) < 4.78 is 10.4. The Labute approximate surface area is 146 Å². The van der Waals surface area contributed by atoms with Crippen LogP contribution < -0.4 is 5.73 Å². The number of aryl methyl sites for hydroxylation is 1. The fourth-order valence-corrected chi connectivity index (χ4v) is 3.75. The summed E-state index contributed by atoms with van der Waals surface area (Å²) in [5.41, 5.74) is 6.12. The van der Waals surface area contributed by atoms with Gasteiger partial charge in [0.2, 0.25) is 17.6 Å². The number of rotatable bonds is 4. The molecule has 1 aliphatic carbocycles. The smallest absolute Gasteiger partial charge is 0.238 e. The van der Waals surface area contributed by atoms with Crippen LogP contribution in [0.3, 0.4) is 0 Å². The van der Waals surface area contributed by atoms with Gasteiger partial charge in [0, 0.05) is 32.0 Å². The second kappa shape index (κ2) is 6.94. The molecule has 0 aromatic carbocycles. The van der Waals surface area contributed by atoms with Gasteiger partial charge in [0.15, 0.2) is 5.76 Å². The van der Waals surface area contributed by atoms with Gasteiger partial charge in [-0.3, -0.25) is 4.79 Å². The molecule has 7 nitrogen and oxygen atoms in total. The first-order chi connectivity index (χ1) is 11.2. The Kier molecular flexibility index (Phi) is 4.91. The lowest BCUT2D eigenvalue weighted by Gasteiger charge is -2.18. The van der Waals surface area contributed by atoms with Gasteiger partial charge in [-0.25, -0.2) is 0 Å². The third-order valence-corrected chi connectivity index (χ3v) is 5.03. The Morgan fingerprint density at radius 1 is 1.38 bits per heavy atom. The molecule has 3 heterocycles. The summed E-state index contributed by atoms with van der Waals surface area (Å²) in [6.07, 6.45) is 4.63. The maximum atomic E-state index is 12.4. The number of carbonyl (C=O) groups is 1. The lowest BCUT2D eigenvalue weighted by Crippen LogP contribution is -2.33. The monoisotopic (exact) mass is 352 g/mol. The predicted octanol–water partition coefficient (Wildman–Crippen LogP) is 1.88. The number of fused-ring (bicyclic) bond motifs is 1. The standard InChI is InChI=1S/C16H20N4O3.ClH/c17-12-4-3-10-8-20(9-11(10)12)15(21)6-5-14-18-16(19-23-14)13-2-1-7-22-13;/h1-2,7,10-12H,3-6,8-9,17H2;1H. The maximum absolute atomic E-state index is 12.4. The molecule has 2 fully saturated rings. The molecule has 130 valence electrons. The van der Waals surface area contributed by atoms with E-state index in [-0.39, 0.29) is 24.4 Å². The summed E-state index contributed by atoms with van der Waals surface area (Å²) in [6.45, 7) is 1.64. The molecular weight excluding hydrogens is 332 g/mol. The molecule has 2 N–H and O–H groups in total. The molecule has 3 unspecified atom stereocenters. The molecule has 0 bridgehead atoms. The largest absolute Gasteiger partial charge is 0.461 e. The number of hydrogen-bond donors (Lipinski definition) is 1. The van der Waals surface area contributed by atoms with Gasteiger partial charge in [-0.2, -0.15) is 4.98 Å². The van der Waals surface area contributed by atoms with E-state index in [2.05, 4.69) is 10.1 Å². The van der Waals surface area contributed by atoms with Gasteiger partial charge >= 0.3 is 0 Å².